The maximum atomic E-state index is 15.1. The van der Waals surface area contributed by atoms with Gasteiger partial charge in [0.1, 0.15) is 5.75 Å². The first kappa shape index (κ1) is 28.4. The Morgan fingerprint density at radius 2 is 1.64 bits per heavy atom. The van der Waals surface area contributed by atoms with Crippen molar-refractivity contribution in [1.29, 1.82) is 0 Å². The van der Waals surface area contributed by atoms with Gasteiger partial charge in [0.05, 0.1) is 18.3 Å². The number of ether oxygens (including phenoxy) is 2. The Morgan fingerprint density at radius 1 is 0.949 bits per heavy atom. The van der Waals surface area contributed by atoms with Gasteiger partial charge in [-0.3, -0.25) is 0 Å². The molecule has 1 N–H and O–H groups in total. The first-order valence-electron chi connectivity index (χ1n) is 12.9. The van der Waals surface area contributed by atoms with E-state index in [9.17, 15) is 18.7 Å². The molecule has 3 aromatic carbocycles. The van der Waals surface area contributed by atoms with E-state index in [1.807, 2.05) is 0 Å². The van der Waals surface area contributed by atoms with Crippen LogP contribution >= 0.6 is 0 Å². The second-order valence-electron chi connectivity index (χ2n) is 9.76. The molecule has 0 aromatic heterocycles. The van der Waals surface area contributed by atoms with Gasteiger partial charge in [0, 0.05) is 5.56 Å². The molecule has 0 spiro atoms. The van der Waals surface area contributed by atoms with E-state index >= 15 is 8.78 Å². The van der Waals surface area contributed by atoms with Crippen LogP contribution in [-0.2, 0) is 0 Å². The minimum absolute atomic E-state index is 0.0160. The van der Waals surface area contributed by atoms with Crippen LogP contribution in [-0.4, -0.2) is 23.8 Å². The predicted octanol–water partition coefficient (Wildman–Crippen LogP) is 7.74. The molecule has 0 heterocycles. The van der Waals surface area contributed by atoms with Crippen molar-refractivity contribution >= 4 is 5.97 Å². The van der Waals surface area contributed by atoms with Crippen LogP contribution in [0.4, 0.5) is 17.6 Å². The van der Waals surface area contributed by atoms with E-state index in [0.29, 0.717) is 30.4 Å². The summed E-state index contributed by atoms with van der Waals surface area (Å²) in [6.45, 7) is 5.38. The van der Waals surface area contributed by atoms with Crippen LogP contribution in [0, 0.1) is 29.2 Å². The maximum Gasteiger partial charge on any atom is 0.346 e. The molecule has 4 nitrogen and oxygen atoms in total. The minimum atomic E-state index is -1.40. The third-order valence-electron chi connectivity index (χ3n) is 7.23. The van der Waals surface area contributed by atoms with Crippen molar-refractivity contribution in [3.8, 4) is 22.6 Å². The molecule has 206 valence electrons. The average molecular weight is 543 g/mol. The lowest BCUT2D eigenvalue weighted by atomic mass is 9.76. The highest BCUT2D eigenvalue weighted by molar-refractivity contribution is 5.91. The Balaban J connectivity index is 1.45. The summed E-state index contributed by atoms with van der Waals surface area (Å²) >= 11 is 0. The first-order valence-corrected chi connectivity index (χ1v) is 12.9. The van der Waals surface area contributed by atoms with Gasteiger partial charge in [0.25, 0.3) is 0 Å². The quantitative estimate of drug-likeness (QED) is 0.0988. The van der Waals surface area contributed by atoms with E-state index in [2.05, 4.69) is 6.58 Å². The van der Waals surface area contributed by atoms with Gasteiger partial charge in [0.2, 0.25) is 5.82 Å². The van der Waals surface area contributed by atoms with Crippen molar-refractivity contribution < 1.29 is 36.9 Å². The van der Waals surface area contributed by atoms with Gasteiger partial charge in [-0.2, -0.15) is 4.39 Å². The summed E-state index contributed by atoms with van der Waals surface area (Å²) < 4.78 is 69.1. The lowest BCUT2D eigenvalue weighted by molar-refractivity contribution is 0.0728. The number of aliphatic hydroxyl groups excluding tert-OH is 1. The van der Waals surface area contributed by atoms with Crippen molar-refractivity contribution in [2.24, 2.45) is 5.92 Å². The fraction of sp³-hybridized carbons (Fsp3) is 0.323. The summed E-state index contributed by atoms with van der Waals surface area (Å²) in [5.74, 6) is -5.93. The summed E-state index contributed by atoms with van der Waals surface area (Å²) in [4.78, 5) is 12.5. The van der Waals surface area contributed by atoms with E-state index in [1.165, 1.54) is 30.3 Å². The number of esters is 1. The molecule has 4 rings (SSSR count). The first-order chi connectivity index (χ1) is 18.7. The zero-order valence-corrected chi connectivity index (χ0v) is 21.6. The maximum absolute atomic E-state index is 15.1. The monoisotopic (exact) mass is 542 g/mol. The van der Waals surface area contributed by atoms with Crippen molar-refractivity contribution in [2.45, 2.75) is 51.0 Å². The summed E-state index contributed by atoms with van der Waals surface area (Å²) in [5, 5.41) is 9.79. The number of halogens is 4. The third kappa shape index (κ3) is 6.33. The highest BCUT2D eigenvalue weighted by atomic mass is 19.2. The van der Waals surface area contributed by atoms with Crippen LogP contribution in [0.5, 0.6) is 11.5 Å². The number of hydrogen-bond donors (Lipinski definition) is 1. The number of carbonyl (C=O) groups is 1. The van der Waals surface area contributed by atoms with Crippen molar-refractivity contribution in [1.82, 2.24) is 0 Å². The zero-order chi connectivity index (χ0) is 28.1. The predicted molar refractivity (Wildman–Crippen MR) is 140 cm³/mol. The molecule has 1 atom stereocenters. The Bertz CT molecular complexity index is 1330. The smallest absolute Gasteiger partial charge is 0.346 e. The van der Waals surface area contributed by atoms with E-state index in [-0.39, 0.29) is 35.5 Å². The van der Waals surface area contributed by atoms with Gasteiger partial charge in [-0.15, -0.1) is 6.58 Å². The Kier molecular flexibility index (Phi) is 9.07. The Labute approximate surface area is 224 Å². The Morgan fingerprint density at radius 3 is 2.28 bits per heavy atom. The van der Waals surface area contributed by atoms with E-state index in [4.69, 9.17) is 9.47 Å². The molecule has 0 bridgehead atoms. The van der Waals surface area contributed by atoms with Crippen molar-refractivity contribution in [3.05, 3.63) is 95.6 Å². The highest BCUT2D eigenvalue weighted by Gasteiger charge is 2.28. The SMILES string of the molecule is C=CCCOc1ccc(C(=O)Oc2ccc(-c3ccc(C4CCC(C(C)O)CC4)c(F)c3F)cc2)c(F)c1F. The lowest BCUT2D eigenvalue weighted by Crippen LogP contribution is -2.23. The van der Waals surface area contributed by atoms with Crippen molar-refractivity contribution in [2.75, 3.05) is 6.61 Å². The molecular weight excluding hydrogens is 512 g/mol. The standard InChI is InChI=1S/C31H30F4O4/c1-3-4-17-38-26-16-15-25(29(34)30(26)35)31(37)39-22-11-9-21(10-12-22)24-14-13-23(27(32)28(24)33)20-7-5-19(6-8-20)18(2)36/h3,9-16,18-20,36H,1,4-8,17H2,2H3. The van der Waals surface area contributed by atoms with Crippen LogP contribution in [0.3, 0.4) is 0 Å². The molecule has 3 aromatic rings. The molecule has 0 radical (unpaired) electrons. The van der Waals surface area contributed by atoms with Gasteiger partial charge >= 0.3 is 5.97 Å². The molecular formula is C31H30F4O4. The molecule has 0 aliphatic heterocycles. The number of benzene rings is 3. The second-order valence-corrected chi connectivity index (χ2v) is 9.76. The fourth-order valence-corrected chi connectivity index (χ4v) is 4.93. The van der Waals surface area contributed by atoms with Crippen molar-refractivity contribution in [3.63, 3.8) is 0 Å². The largest absolute Gasteiger partial charge is 0.490 e. The summed E-state index contributed by atoms with van der Waals surface area (Å²) in [7, 11) is 0. The van der Waals surface area contributed by atoms with Gasteiger partial charge in [-0.25, -0.2) is 18.0 Å². The normalized spacial score (nSPS) is 17.9. The molecule has 1 aliphatic rings. The van der Waals surface area contributed by atoms with Gasteiger partial charge in [-0.1, -0.05) is 30.3 Å². The average Bonchev–Trinajstić information content (AvgIpc) is 2.93. The summed E-state index contributed by atoms with van der Waals surface area (Å²) in [6, 6.07) is 10.9. The van der Waals surface area contributed by atoms with Crippen LogP contribution in [0.25, 0.3) is 11.1 Å². The molecule has 39 heavy (non-hydrogen) atoms. The van der Waals surface area contributed by atoms with Gasteiger partial charge < -0.3 is 14.6 Å². The van der Waals surface area contributed by atoms with Gasteiger partial charge in [0.15, 0.2) is 23.2 Å². The third-order valence-corrected chi connectivity index (χ3v) is 7.23. The van der Waals surface area contributed by atoms with E-state index in [1.54, 1.807) is 19.1 Å². The fourth-order valence-electron chi connectivity index (χ4n) is 4.93. The van der Waals surface area contributed by atoms with E-state index in [0.717, 1.165) is 25.0 Å². The topological polar surface area (TPSA) is 55.8 Å². The van der Waals surface area contributed by atoms with Crippen LogP contribution in [0.2, 0.25) is 0 Å². The summed E-state index contributed by atoms with van der Waals surface area (Å²) in [5.41, 5.74) is 0.122. The molecule has 8 heteroatoms. The number of hydrogen-bond acceptors (Lipinski definition) is 4. The molecule has 1 aliphatic carbocycles. The minimum Gasteiger partial charge on any atom is -0.490 e. The number of rotatable bonds is 9. The zero-order valence-electron chi connectivity index (χ0n) is 21.6. The van der Waals surface area contributed by atoms with E-state index < -0.39 is 40.9 Å². The molecule has 1 fully saturated rings. The number of carbonyl (C=O) groups excluding carboxylic acids is 1. The lowest BCUT2D eigenvalue weighted by Gasteiger charge is -2.30. The molecule has 0 saturated heterocycles. The molecule has 1 saturated carbocycles. The van der Waals surface area contributed by atoms with Crippen LogP contribution in [0.15, 0.2) is 61.2 Å². The molecule has 1 unspecified atom stereocenters. The van der Waals surface area contributed by atoms with Crippen LogP contribution in [0.1, 0.15) is 60.9 Å². The Hall–Kier alpha value is -3.65. The molecule has 0 amide bonds. The highest BCUT2D eigenvalue weighted by Crippen LogP contribution is 2.40. The number of aliphatic hydroxyl groups is 1. The van der Waals surface area contributed by atoms with Crippen LogP contribution < -0.4 is 9.47 Å². The van der Waals surface area contributed by atoms with Gasteiger partial charge in [-0.05, 0) is 86.3 Å². The second kappa shape index (κ2) is 12.5. The summed E-state index contributed by atoms with van der Waals surface area (Å²) in [6.07, 6.45) is 4.47.